The SMILES string of the molecule is O=C(c1cccnc1)N1CCC(NCc2csc(N3CCCC3)n2)CC1. The molecule has 0 unspecified atom stereocenters. The number of pyridine rings is 1. The molecule has 1 amide bonds. The van der Waals surface area contributed by atoms with Gasteiger partial charge in [-0.1, -0.05) is 0 Å². The van der Waals surface area contributed by atoms with Crippen LogP contribution in [0.1, 0.15) is 41.7 Å². The van der Waals surface area contributed by atoms with Crippen LogP contribution >= 0.6 is 11.3 Å². The standard InChI is InChI=1S/C19H25N5OS/c25-18(15-4-3-7-20-12-15)23-10-5-16(6-11-23)21-13-17-14-26-19(22-17)24-8-1-2-9-24/h3-4,7,12,14,16,21H,1-2,5-6,8-11,13H2. The number of anilines is 1. The van der Waals surface area contributed by atoms with E-state index in [2.05, 4.69) is 20.6 Å². The van der Waals surface area contributed by atoms with E-state index in [4.69, 9.17) is 4.98 Å². The molecule has 0 saturated carbocycles. The van der Waals surface area contributed by atoms with E-state index in [1.165, 1.54) is 12.8 Å². The van der Waals surface area contributed by atoms with Crippen LogP contribution in [0.15, 0.2) is 29.9 Å². The molecule has 0 radical (unpaired) electrons. The van der Waals surface area contributed by atoms with E-state index < -0.39 is 0 Å². The maximum absolute atomic E-state index is 12.5. The van der Waals surface area contributed by atoms with E-state index in [0.29, 0.717) is 11.6 Å². The van der Waals surface area contributed by atoms with Gasteiger partial charge in [-0.2, -0.15) is 0 Å². The lowest BCUT2D eigenvalue weighted by atomic mass is 10.0. The second-order valence-corrected chi connectivity index (χ2v) is 7.84. The first-order chi connectivity index (χ1) is 12.8. The number of nitrogens with one attached hydrogen (secondary N) is 1. The van der Waals surface area contributed by atoms with Gasteiger partial charge in [0.2, 0.25) is 0 Å². The van der Waals surface area contributed by atoms with E-state index in [9.17, 15) is 4.79 Å². The predicted octanol–water partition coefficient (Wildman–Crippen LogP) is 2.53. The average molecular weight is 372 g/mol. The first kappa shape index (κ1) is 17.4. The Balaban J connectivity index is 1.23. The van der Waals surface area contributed by atoms with Crippen molar-refractivity contribution in [3.63, 3.8) is 0 Å². The molecule has 2 aliphatic rings. The number of piperidine rings is 1. The summed E-state index contributed by atoms with van der Waals surface area (Å²) in [6, 6.07) is 4.09. The lowest BCUT2D eigenvalue weighted by Crippen LogP contribution is -2.44. The van der Waals surface area contributed by atoms with Gasteiger partial charge in [0.1, 0.15) is 0 Å². The highest BCUT2D eigenvalue weighted by molar-refractivity contribution is 7.13. The number of rotatable bonds is 5. The van der Waals surface area contributed by atoms with Crippen LogP contribution in [0.25, 0.3) is 0 Å². The van der Waals surface area contributed by atoms with Crippen molar-refractivity contribution in [2.24, 2.45) is 0 Å². The van der Waals surface area contributed by atoms with Crippen molar-refractivity contribution in [1.29, 1.82) is 0 Å². The summed E-state index contributed by atoms with van der Waals surface area (Å²) in [5.74, 6) is 0.0892. The summed E-state index contributed by atoms with van der Waals surface area (Å²) in [7, 11) is 0. The quantitative estimate of drug-likeness (QED) is 0.875. The minimum atomic E-state index is 0.0892. The summed E-state index contributed by atoms with van der Waals surface area (Å²) in [4.78, 5) is 25.6. The number of carbonyl (C=O) groups excluding carboxylic acids is 1. The van der Waals surface area contributed by atoms with Gasteiger partial charge in [-0.25, -0.2) is 4.98 Å². The number of nitrogens with zero attached hydrogens (tertiary/aromatic N) is 4. The van der Waals surface area contributed by atoms with Gasteiger partial charge in [0, 0.05) is 56.5 Å². The molecule has 1 N–H and O–H groups in total. The molecular weight excluding hydrogens is 346 g/mol. The van der Waals surface area contributed by atoms with Crippen LogP contribution in [0.4, 0.5) is 5.13 Å². The summed E-state index contributed by atoms with van der Waals surface area (Å²) in [5, 5.41) is 6.95. The van der Waals surface area contributed by atoms with Crippen molar-refractivity contribution < 1.29 is 4.79 Å². The molecule has 26 heavy (non-hydrogen) atoms. The molecule has 2 saturated heterocycles. The van der Waals surface area contributed by atoms with Gasteiger partial charge in [0.25, 0.3) is 5.91 Å². The molecule has 0 aliphatic carbocycles. The lowest BCUT2D eigenvalue weighted by molar-refractivity contribution is 0.0704. The van der Waals surface area contributed by atoms with Crippen LogP contribution in [0.2, 0.25) is 0 Å². The Morgan fingerprint density at radius 3 is 2.77 bits per heavy atom. The molecule has 4 heterocycles. The third-order valence-corrected chi connectivity index (χ3v) is 6.13. The number of aromatic nitrogens is 2. The van der Waals surface area contributed by atoms with Gasteiger partial charge < -0.3 is 15.1 Å². The third-order valence-electron chi connectivity index (χ3n) is 5.18. The molecule has 2 fully saturated rings. The molecule has 0 spiro atoms. The molecular formula is C19H25N5OS. The second-order valence-electron chi connectivity index (χ2n) is 7.00. The number of thiazole rings is 1. The summed E-state index contributed by atoms with van der Waals surface area (Å²) >= 11 is 1.75. The summed E-state index contributed by atoms with van der Waals surface area (Å²) in [5.41, 5.74) is 1.81. The number of hydrogen-bond acceptors (Lipinski definition) is 6. The molecule has 2 aromatic rings. The van der Waals surface area contributed by atoms with E-state index in [1.807, 2.05) is 17.0 Å². The monoisotopic (exact) mass is 371 g/mol. The van der Waals surface area contributed by atoms with Crippen LogP contribution in [-0.2, 0) is 6.54 Å². The molecule has 2 aromatic heterocycles. The lowest BCUT2D eigenvalue weighted by Gasteiger charge is -2.32. The Morgan fingerprint density at radius 2 is 2.04 bits per heavy atom. The average Bonchev–Trinajstić information content (AvgIpc) is 3.38. The minimum absolute atomic E-state index is 0.0892. The van der Waals surface area contributed by atoms with Crippen LogP contribution in [-0.4, -0.2) is 53.0 Å². The summed E-state index contributed by atoms with van der Waals surface area (Å²) in [6.07, 6.45) is 7.87. The maximum Gasteiger partial charge on any atom is 0.255 e. The number of hydrogen-bond donors (Lipinski definition) is 1. The second kappa shape index (κ2) is 8.14. The number of likely N-dealkylation sites (tertiary alicyclic amines) is 1. The van der Waals surface area contributed by atoms with Gasteiger partial charge in [0.15, 0.2) is 5.13 Å². The molecule has 7 heteroatoms. The van der Waals surface area contributed by atoms with Crippen molar-refractivity contribution in [2.75, 3.05) is 31.1 Å². The van der Waals surface area contributed by atoms with E-state index in [0.717, 1.165) is 56.4 Å². The van der Waals surface area contributed by atoms with Crippen molar-refractivity contribution in [1.82, 2.24) is 20.2 Å². The van der Waals surface area contributed by atoms with E-state index >= 15 is 0 Å². The van der Waals surface area contributed by atoms with Gasteiger partial charge in [-0.3, -0.25) is 9.78 Å². The van der Waals surface area contributed by atoms with Gasteiger partial charge in [-0.15, -0.1) is 11.3 Å². The highest BCUT2D eigenvalue weighted by Gasteiger charge is 2.23. The Kier molecular flexibility index (Phi) is 5.45. The fourth-order valence-corrected chi connectivity index (χ4v) is 4.52. The van der Waals surface area contributed by atoms with Gasteiger partial charge in [0.05, 0.1) is 11.3 Å². The highest BCUT2D eigenvalue weighted by atomic mass is 32.1. The predicted molar refractivity (Wildman–Crippen MR) is 104 cm³/mol. The van der Waals surface area contributed by atoms with Gasteiger partial charge in [-0.05, 0) is 37.8 Å². The topological polar surface area (TPSA) is 61.4 Å². The van der Waals surface area contributed by atoms with Crippen molar-refractivity contribution in [2.45, 2.75) is 38.3 Å². The Hall–Kier alpha value is -1.99. The van der Waals surface area contributed by atoms with Crippen LogP contribution in [0.5, 0.6) is 0 Å². The summed E-state index contributed by atoms with van der Waals surface area (Å²) < 4.78 is 0. The van der Waals surface area contributed by atoms with Crippen LogP contribution in [0.3, 0.4) is 0 Å². The first-order valence-corrected chi connectivity index (χ1v) is 10.3. The zero-order valence-corrected chi connectivity index (χ0v) is 15.7. The third kappa shape index (κ3) is 4.04. The zero-order chi connectivity index (χ0) is 17.8. The zero-order valence-electron chi connectivity index (χ0n) is 14.9. The smallest absolute Gasteiger partial charge is 0.255 e. The van der Waals surface area contributed by atoms with Crippen LogP contribution < -0.4 is 10.2 Å². The van der Waals surface area contributed by atoms with E-state index in [-0.39, 0.29) is 5.91 Å². The fourth-order valence-electron chi connectivity index (χ4n) is 3.64. The minimum Gasteiger partial charge on any atom is -0.348 e. The first-order valence-electron chi connectivity index (χ1n) is 9.41. The fraction of sp³-hybridized carbons (Fsp3) is 0.526. The summed E-state index contributed by atoms with van der Waals surface area (Å²) in [6.45, 7) is 4.68. The molecule has 0 aromatic carbocycles. The van der Waals surface area contributed by atoms with E-state index in [1.54, 1.807) is 23.7 Å². The maximum atomic E-state index is 12.5. The molecule has 2 aliphatic heterocycles. The molecule has 6 nitrogen and oxygen atoms in total. The van der Waals surface area contributed by atoms with Crippen LogP contribution in [0, 0.1) is 0 Å². The number of carbonyl (C=O) groups is 1. The van der Waals surface area contributed by atoms with Crippen molar-refractivity contribution in [3.8, 4) is 0 Å². The van der Waals surface area contributed by atoms with Gasteiger partial charge >= 0.3 is 0 Å². The normalized spacial score (nSPS) is 18.5. The number of amides is 1. The highest BCUT2D eigenvalue weighted by Crippen LogP contribution is 2.24. The molecule has 138 valence electrons. The Morgan fingerprint density at radius 1 is 1.23 bits per heavy atom. The largest absolute Gasteiger partial charge is 0.348 e. The van der Waals surface area contributed by atoms with Crippen molar-refractivity contribution >= 4 is 22.4 Å². The van der Waals surface area contributed by atoms with Crippen molar-refractivity contribution in [3.05, 3.63) is 41.2 Å². The molecule has 0 atom stereocenters. The Bertz CT molecular complexity index is 721. The molecule has 4 rings (SSSR count). The Labute approximate surface area is 158 Å². The molecule has 0 bridgehead atoms.